The summed E-state index contributed by atoms with van der Waals surface area (Å²) in [5, 5.41) is 3.52. The lowest BCUT2D eigenvalue weighted by Gasteiger charge is -2.31. The number of nitrogens with zero attached hydrogens (tertiary/aromatic N) is 1. The van der Waals surface area contributed by atoms with Crippen LogP contribution >= 0.6 is 0 Å². The standard InChI is InChI=1S/C17H30N2O2/c1-3-21-16(20)17(2,18-14-6-7-14)9-4-10-19-12-13-5-8-15(19)11-13/h13-15,18H,3-12H2,1-2H3. The van der Waals surface area contributed by atoms with Crippen molar-refractivity contribution >= 4 is 5.97 Å². The molecule has 0 radical (unpaired) electrons. The van der Waals surface area contributed by atoms with Crippen LogP contribution in [0.2, 0.25) is 0 Å². The normalized spacial score (nSPS) is 31.3. The number of carbonyl (C=O) groups excluding carboxylic acids is 1. The van der Waals surface area contributed by atoms with Crippen LogP contribution in [0.3, 0.4) is 0 Å². The van der Waals surface area contributed by atoms with Gasteiger partial charge < -0.3 is 9.64 Å². The summed E-state index contributed by atoms with van der Waals surface area (Å²) in [6.07, 6.45) is 8.60. The minimum Gasteiger partial charge on any atom is -0.465 e. The van der Waals surface area contributed by atoms with Gasteiger partial charge in [-0.1, -0.05) is 0 Å². The van der Waals surface area contributed by atoms with Crippen LogP contribution in [0.15, 0.2) is 0 Å². The molecule has 0 aromatic carbocycles. The Hall–Kier alpha value is -0.610. The minimum atomic E-state index is -0.490. The highest BCUT2D eigenvalue weighted by molar-refractivity contribution is 5.80. The fraction of sp³-hybridized carbons (Fsp3) is 0.941. The average Bonchev–Trinajstić information content (AvgIpc) is 3.01. The Bertz CT molecular complexity index is 383. The zero-order valence-electron chi connectivity index (χ0n) is 13.6. The Kier molecular flexibility index (Phi) is 4.55. The first-order chi connectivity index (χ1) is 10.1. The third kappa shape index (κ3) is 3.59. The first kappa shape index (κ1) is 15.3. The second-order valence-electron chi connectivity index (χ2n) is 7.40. The number of fused-ring (bicyclic) bond motifs is 2. The van der Waals surface area contributed by atoms with Crippen molar-refractivity contribution in [2.24, 2.45) is 5.92 Å². The lowest BCUT2D eigenvalue weighted by atomic mass is 9.95. The fourth-order valence-corrected chi connectivity index (χ4v) is 4.14. The summed E-state index contributed by atoms with van der Waals surface area (Å²) in [6, 6.07) is 1.36. The summed E-state index contributed by atoms with van der Waals surface area (Å²) in [5.41, 5.74) is -0.490. The van der Waals surface area contributed by atoms with Crippen molar-refractivity contribution < 1.29 is 9.53 Å². The van der Waals surface area contributed by atoms with Gasteiger partial charge in [-0.05, 0) is 71.3 Å². The van der Waals surface area contributed by atoms with Gasteiger partial charge in [0.05, 0.1) is 6.61 Å². The molecular weight excluding hydrogens is 264 g/mol. The molecule has 1 aliphatic heterocycles. The number of piperidine rings is 1. The van der Waals surface area contributed by atoms with E-state index in [1.54, 1.807) is 0 Å². The number of ether oxygens (including phenoxy) is 1. The third-order valence-corrected chi connectivity index (χ3v) is 5.47. The number of carbonyl (C=O) groups is 1. The van der Waals surface area contributed by atoms with Gasteiger partial charge in [-0.2, -0.15) is 0 Å². The van der Waals surface area contributed by atoms with Crippen LogP contribution in [-0.4, -0.2) is 48.2 Å². The van der Waals surface area contributed by atoms with Crippen LogP contribution in [0.1, 0.15) is 58.8 Å². The first-order valence-corrected chi connectivity index (χ1v) is 8.79. The topological polar surface area (TPSA) is 41.6 Å². The van der Waals surface area contributed by atoms with Gasteiger partial charge >= 0.3 is 5.97 Å². The van der Waals surface area contributed by atoms with Gasteiger partial charge in [0.1, 0.15) is 5.54 Å². The van der Waals surface area contributed by atoms with Crippen molar-refractivity contribution in [2.45, 2.75) is 76.4 Å². The van der Waals surface area contributed by atoms with Gasteiger partial charge in [-0.3, -0.25) is 10.1 Å². The van der Waals surface area contributed by atoms with E-state index in [9.17, 15) is 4.79 Å². The Labute approximate surface area is 128 Å². The second-order valence-corrected chi connectivity index (χ2v) is 7.40. The number of esters is 1. The average molecular weight is 294 g/mol. The number of hydrogen-bond donors (Lipinski definition) is 1. The number of likely N-dealkylation sites (tertiary alicyclic amines) is 1. The summed E-state index contributed by atoms with van der Waals surface area (Å²) in [6.45, 7) is 6.81. The highest BCUT2D eigenvalue weighted by Gasteiger charge is 2.40. The van der Waals surface area contributed by atoms with Crippen LogP contribution < -0.4 is 5.32 Å². The van der Waals surface area contributed by atoms with Gasteiger partial charge in [0.25, 0.3) is 0 Å². The Morgan fingerprint density at radius 3 is 2.71 bits per heavy atom. The maximum Gasteiger partial charge on any atom is 0.326 e. The largest absolute Gasteiger partial charge is 0.465 e. The van der Waals surface area contributed by atoms with Crippen LogP contribution in [0.4, 0.5) is 0 Å². The smallest absolute Gasteiger partial charge is 0.326 e. The van der Waals surface area contributed by atoms with Gasteiger partial charge in [-0.25, -0.2) is 0 Å². The molecule has 4 nitrogen and oxygen atoms in total. The molecule has 0 spiro atoms. The first-order valence-electron chi connectivity index (χ1n) is 8.79. The van der Waals surface area contributed by atoms with Gasteiger partial charge in [0.2, 0.25) is 0 Å². The van der Waals surface area contributed by atoms with Crippen molar-refractivity contribution in [3.63, 3.8) is 0 Å². The van der Waals surface area contributed by atoms with Crippen LogP contribution in [0.25, 0.3) is 0 Å². The number of nitrogens with one attached hydrogen (secondary N) is 1. The molecule has 2 bridgehead atoms. The van der Waals surface area contributed by atoms with E-state index >= 15 is 0 Å². The summed E-state index contributed by atoms with van der Waals surface area (Å²) < 4.78 is 5.29. The highest BCUT2D eigenvalue weighted by Crippen LogP contribution is 2.37. The molecule has 0 aromatic rings. The SMILES string of the molecule is CCOC(=O)C(C)(CCCN1CC2CCC1C2)NC1CC1. The van der Waals surface area contributed by atoms with E-state index in [4.69, 9.17) is 4.74 Å². The van der Waals surface area contributed by atoms with E-state index in [-0.39, 0.29) is 5.97 Å². The molecule has 3 fully saturated rings. The van der Waals surface area contributed by atoms with Gasteiger partial charge in [-0.15, -0.1) is 0 Å². The van der Waals surface area contributed by atoms with Crippen LogP contribution in [0.5, 0.6) is 0 Å². The predicted molar refractivity (Wildman–Crippen MR) is 83.1 cm³/mol. The van der Waals surface area contributed by atoms with Crippen molar-refractivity contribution in [3.8, 4) is 0 Å². The summed E-state index contributed by atoms with van der Waals surface area (Å²) in [4.78, 5) is 14.9. The molecule has 1 N–H and O–H groups in total. The molecule has 4 heteroatoms. The molecular formula is C17H30N2O2. The Morgan fingerprint density at radius 2 is 2.14 bits per heavy atom. The molecule has 2 saturated carbocycles. The number of rotatable bonds is 8. The van der Waals surface area contributed by atoms with E-state index in [0.29, 0.717) is 12.6 Å². The van der Waals surface area contributed by atoms with E-state index in [1.165, 1.54) is 38.6 Å². The Balaban J connectivity index is 1.48. The fourth-order valence-electron chi connectivity index (χ4n) is 4.14. The van der Waals surface area contributed by atoms with Crippen LogP contribution in [-0.2, 0) is 9.53 Å². The number of hydrogen-bond acceptors (Lipinski definition) is 4. The molecule has 1 heterocycles. The Morgan fingerprint density at radius 1 is 1.33 bits per heavy atom. The maximum absolute atomic E-state index is 12.3. The van der Waals surface area contributed by atoms with E-state index in [2.05, 4.69) is 10.2 Å². The molecule has 3 atom stereocenters. The van der Waals surface area contributed by atoms with E-state index in [0.717, 1.165) is 31.3 Å². The lowest BCUT2D eigenvalue weighted by molar-refractivity contribution is -0.151. The third-order valence-electron chi connectivity index (χ3n) is 5.47. The molecule has 21 heavy (non-hydrogen) atoms. The molecule has 0 aromatic heterocycles. The molecule has 3 aliphatic rings. The zero-order chi connectivity index (χ0) is 14.9. The van der Waals surface area contributed by atoms with Gasteiger partial charge in [0.15, 0.2) is 0 Å². The summed E-state index contributed by atoms with van der Waals surface area (Å²) in [5.74, 6) is 0.885. The van der Waals surface area contributed by atoms with Crippen LogP contribution in [0, 0.1) is 5.92 Å². The van der Waals surface area contributed by atoms with Crippen molar-refractivity contribution in [1.29, 1.82) is 0 Å². The minimum absolute atomic E-state index is 0.0696. The predicted octanol–water partition coefficient (Wildman–Crippen LogP) is 2.32. The molecule has 3 unspecified atom stereocenters. The maximum atomic E-state index is 12.3. The summed E-state index contributed by atoms with van der Waals surface area (Å²) in [7, 11) is 0. The van der Waals surface area contributed by atoms with Crippen molar-refractivity contribution in [3.05, 3.63) is 0 Å². The van der Waals surface area contributed by atoms with E-state index < -0.39 is 5.54 Å². The monoisotopic (exact) mass is 294 g/mol. The quantitative estimate of drug-likeness (QED) is 0.698. The van der Waals surface area contributed by atoms with Gasteiger partial charge in [0, 0.05) is 18.6 Å². The van der Waals surface area contributed by atoms with E-state index in [1.807, 2.05) is 13.8 Å². The molecule has 0 amide bonds. The molecule has 3 rings (SSSR count). The molecule has 2 aliphatic carbocycles. The molecule has 120 valence electrons. The molecule has 1 saturated heterocycles. The van der Waals surface area contributed by atoms with Crippen molar-refractivity contribution in [1.82, 2.24) is 10.2 Å². The summed E-state index contributed by atoms with van der Waals surface area (Å²) >= 11 is 0. The zero-order valence-corrected chi connectivity index (χ0v) is 13.6. The highest BCUT2D eigenvalue weighted by atomic mass is 16.5. The van der Waals surface area contributed by atoms with Crippen molar-refractivity contribution in [2.75, 3.05) is 19.7 Å². The second kappa shape index (κ2) is 6.25. The lowest BCUT2D eigenvalue weighted by Crippen LogP contribution is -2.52.